The highest BCUT2D eigenvalue weighted by atomic mass is 32.2. The molecule has 1 aromatic carbocycles. The Morgan fingerprint density at radius 2 is 2.18 bits per heavy atom. The third-order valence-electron chi connectivity index (χ3n) is 2.53. The van der Waals surface area contributed by atoms with E-state index in [0.717, 1.165) is 16.2 Å². The second kappa shape index (κ2) is 7.22. The molecule has 3 N–H and O–H groups in total. The molecule has 17 heavy (non-hydrogen) atoms. The van der Waals surface area contributed by atoms with E-state index in [2.05, 4.69) is 18.1 Å². The summed E-state index contributed by atoms with van der Waals surface area (Å²) in [4.78, 5) is 1.09. The highest BCUT2D eigenvalue weighted by molar-refractivity contribution is 7.99. The van der Waals surface area contributed by atoms with Gasteiger partial charge in [-0.25, -0.2) is 0 Å². The predicted molar refractivity (Wildman–Crippen MR) is 73.9 cm³/mol. The minimum Gasteiger partial charge on any atom is -0.409 e. The van der Waals surface area contributed by atoms with Gasteiger partial charge in [0.2, 0.25) is 0 Å². The zero-order valence-electron chi connectivity index (χ0n) is 10.4. The first-order valence-electron chi connectivity index (χ1n) is 5.90. The van der Waals surface area contributed by atoms with Crippen molar-refractivity contribution in [1.82, 2.24) is 0 Å². The van der Waals surface area contributed by atoms with Gasteiger partial charge in [0.25, 0.3) is 0 Å². The van der Waals surface area contributed by atoms with Gasteiger partial charge in [0.15, 0.2) is 5.84 Å². The number of thioether (sulfide) groups is 1. The lowest BCUT2D eigenvalue weighted by Gasteiger charge is -2.08. The molecule has 0 heterocycles. The minimum atomic E-state index is 0.183. The summed E-state index contributed by atoms with van der Waals surface area (Å²) in [5, 5.41) is 11.8. The lowest BCUT2D eigenvalue weighted by atomic mass is 10.1. The van der Waals surface area contributed by atoms with E-state index in [1.807, 2.05) is 19.1 Å². The van der Waals surface area contributed by atoms with Crippen molar-refractivity contribution in [3.05, 3.63) is 29.3 Å². The normalized spacial score (nSPS) is 11.8. The smallest absolute Gasteiger partial charge is 0.171 e. The number of aryl methyl sites for hydroxylation is 1. The highest BCUT2D eigenvalue weighted by Gasteiger charge is 2.07. The third-order valence-corrected chi connectivity index (χ3v) is 3.67. The van der Waals surface area contributed by atoms with Crippen LogP contribution in [0.2, 0.25) is 0 Å². The van der Waals surface area contributed by atoms with E-state index in [9.17, 15) is 0 Å². The molecular weight excluding hydrogens is 232 g/mol. The summed E-state index contributed by atoms with van der Waals surface area (Å²) < 4.78 is 0. The van der Waals surface area contributed by atoms with Crippen LogP contribution >= 0.6 is 11.8 Å². The second-order valence-electron chi connectivity index (χ2n) is 4.04. The molecule has 0 saturated heterocycles. The molecule has 0 fully saturated rings. The van der Waals surface area contributed by atoms with E-state index in [4.69, 9.17) is 10.9 Å². The van der Waals surface area contributed by atoms with Crippen LogP contribution in [-0.2, 0) is 0 Å². The summed E-state index contributed by atoms with van der Waals surface area (Å²) in [6.45, 7) is 4.24. The Balaban J connectivity index is 2.77. The molecule has 0 atom stereocenters. The quantitative estimate of drug-likeness (QED) is 0.204. The molecule has 94 valence electrons. The number of hydrogen-bond donors (Lipinski definition) is 2. The lowest BCUT2D eigenvalue weighted by Crippen LogP contribution is -2.14. The van der Waals surface area contributed by atoms with Crippen LogP contribution in [0.5, 0.6) is 0 Å². The predicted octanol–water partition coefficient (Wildman–Crippen LogP) is 3.37. The van der Waals surface area contributed by atoms with Crippen LogP contribution in [0.15, 0.2) is 28.3 Å². The molecule has 0 unspecified atom stereocenters. The lowest BCUT2D eigenvalue weighted by molar-refractivity contribution is 0.318. The van der Waals surface area contributed by atoms with Gasteiger partial charge in [-0.1, -0.05) is 31.0 Å². The molecule has 0 saturated carbocycles. The SMILES string of the molecule is CCCCCSc1cc(C)ccc1/C(N)=N/O. The van der Waals surface area contributed by atoms with Gasteiger partial charge in [-0.3, -0.25) is 0 Å². The maximum Gasteiger partial charge on any atom is 0.171 e. The molecule has 4 heteroatoms. The van der Waals surface area contributed by atoms with Crippen molar-refractivity contribution in [2.45, 2.75) is 38.0 Å². The average Bonchev–Trinajstić information content (AvgIpc) is 2.34. The molecule has 3 nitrogen and oxygen atoms in total. The highest BCUT2D eigenvalue weighted by Crippen LogP contribution is 2.25. The van der Waals surface area contributed by atoms with Crippen LogP contribution in [0, 0.1) is 6.92 Å². The first-order valence-corrected chi connectivity index (χ1v) is 6.89. The molecule has 0 aliphatic heterocycles. The number of nitrogens with two attached hydrogens (primary N) is 1. The Morgan fingerprint density at radius 1 is 1.41 bits per heavy atom. The Morgan fingerprint density at radius 3 is 2.82 bits per heavy atom. The zero-order valence-corrected chi connectivity index (χ0v) is 11.3. The number of nitrogens with zero attached hydrogens (tertiary/aromatic N) is 1. The summed E-state index contributed by atoms with van der Waals surface area (Å²) in [7, 11) is 0. The molecule has 0 spiro atoms. The first-order chi connectivity index (χ1) is 8.19. The summed E-state index contributed by atoms with van der Waals surface area (Å²) in [5.41, 5.74) is 7.67. The summed E-state index contributed by atoms with van der Waals surface area (Å²) in [6, 6.07) is 5.97. The van der Waals surface area contributed by atoms with Gasteiger partial charge in [-0.05, 0) is 36.8 Å². The van der Waals surface area contributed by atoms with Gasteiger partial charge < -0.3 is 10.9 Å². The van der Waals surface area contributed by atoms with E-state index in [1.54, 1.807) is 11.8 Å². The number of hydrogen-bond acceptors (Lipinski definition) is 3. The largest absolute Gasteiger partial charge is 0.409 e. The topological polar surface area (TPSA) is 58.6 Å². The maximum atomic E-state index is 8.75. The van der Waals surface area contributed by atoms with Crippen molar-refractivity contribution in [2.75, 3.05) is 5.75 Å². The van der Waals surface area contributed by atoms with Crippen molar-refractivity contribution in [3.8, 4) is 0 Å². The molecule has 0 amide bonds. The van der Waals surface area contributed by atoms with Crippen LogP contribution in [0.4, 0.5) is 0 Å². The van der Waals surface area contributed by atoms with Crippen molar-refractivity contribution in [1.29, 1.82) is 0 Å². The van der Waals surface area contributed by atoms with Gasteiger partial charge in [-0.15, -0.1) is 11.8 Å². The van der Waals surface area contributed by atoms with Crippen molar-refractivity contribution >= 4 is 17.6 Å². The summed E-state index contributed by atoms with van der Waals surface area (Å²) in [5.74, 6) is 1.26. The number of rotatable bonds is 6. The standard InChI is InChI=1S/C13H20N2OS/c1-3-4-5-8-17-12-9-10(2)6-7-11(12)13(14)15-16/h6-7,9,16H,3-5,8H2,1-2H3,(H2,14,15). The molecule has 0 aliphatic rings. The van der Waals surface area contributed by atoms with Gasteiger partial charge in [0.1, 0.15) is 0 Å². The van der Waals surface area contributed by atoms with E-state index in [0.29, 0.717) is 0 Å². The van der Waals surface area contributed by atoms with Crippen molar-refractivity contribution < 1.29 is 5.21 Å². The molecule has 0 radical (unpaired) electrons. The number of amidine groups is 1. The Kier molecular flexibility index (Phi) is 5.91. The van der Waals surface area contributed by atoms with E-state index < -0.39 is 0 Å². The van der Waals surface area contributed by atoms with Crippen LogP contribution in [0.3, 0.4) is 0 Å². The molecule has 1 aromatic rings. The van der Waals surface area contributed by atoms with Gasteiger partial charge in [-0.2, -0.15) is 0 Å². The van der Waals surface area contributed by atoms with Crippen LogP contribution in [-0.4, -0.2) is 16.8 Å². The molecule has 0 bridgehead atoms. The van der Waals surface area contributed by atoms with Crippen molar-refractivity contribution in [2.24, 2.45) is 10.9 Å². The maximum absolute atomic E-state index is 8.75. The fraction of sp³-hybridized carbons (Fsp3) is 0.462. The van der Waals surface area contributed by atoms with Gasteiger partial charge in [0.05, 0.1) is 0 Å². The minimum absolute atomic E-state index is 0.183. The van der Waals surface area contributed by atoms with Gasteiger partial charge in [0, 0.05) is 10.5 Å². The van der Waals surface area contributed by atoms with Crippen LogP contribution < -0.4 is 5.73 Å². The number of unbranched alkanes of at least 4 members (excludes halogenated alkanes) is 2. The van der Waals surface area contributed by atoms with E-state index >= 15 is 0 Å². The fourth-order valence-electron chi connectivity index (χ4n) is 1.55. The van der Waals surface area contributed by atoms with Crippen LogP contribution in [0.25, 0.3) is 0 Å². The Labute approximate surface area is 107 Å². The molecule has 0 aliphatic carbocycles. The van der Waals surface area contributed by atoms with E-state index in [-0.39, 0.29) is 5.84 Å². The summed E-state index contributed by atoms with van der Waals surface area (Å²) >= 11 is 1.77. The van der Waals surface area contributed by atoms with E-state index in [1.165, 1.54) is 24.8 Å². The molecular formula is C13H20N2OS. The molecule has 0 aromatic heterocycles. The summed E-state index contributed by atoms with van der Waals surface area (Å²) in [6.07, 6.45) is 3.67. The van der Waals surface area contributed by atoms with Gasteiger partial charge >= 0.3 is 0 Å². The average molecular weight is 252 g/mol. The van der Waals surface area contributed by atoms with Crippen LogP contribution in [0.1, 0.15) is 37.3 Å². The fourth-order valence-corrected chi connectivity index (χ4v) is 2.71. The number of benzene rings is 1. The molecule has 1 rings (SSSR count). The first kappa shape index (κ1) is 13.9. The zero-order chi connectivity index (χ0) is 12.7. The van der Waals surface area contributed by atoms with Crippen molar-refractivity contribution in [3.63, 3.8) is 0 Å². The number of oxime groups is 1. The third kappa shape index (κ3) is 4.30. The second-order valence-corrected chi connectivity index (χ2v) is 5.18. The Hall–Kier alpha value is -1.16. The monoisotopic (exact) mass is 252 g/mol. The Bertz CT molecular complexity index is 391.